The first-order chi connectivity index (χ1) is 9.10. The van der Waals surface area contributed by atoms with E-state index in [2.05, 4.69) is 29.4 Å². The third kappa shape index (κ3) is 3.56. The number of carbonyl (C=O) groups is 1. The highest BCUT2D eigenvalue weighted by Gasteiger charge is 2.26. The summed E-state index contributed by atoms with van der Waals surface area (Å²) >= 11 is 0. The lowest BCUT2D eigenvalue weighted by molar-refractivity contribution is -0.121. The molecule has 2 rings (SSSR count). The van der Waals surface area contributed by atoms with Gasteiger partial charge in [0, 0.05) is 17.7 Å². The second-order valence-electron chi connectivity index (χ2n) is 5.81. The van der Waals surface area contributed by atoms with Crippen molar-refractivity contribution in [2.75, 3.05) is 11.9 Å². The Morgan fingerprint density at radius 3 is 2.68 bits per heavy atom. The van der Waals surface area contributed by atoms with E-state index in [1.165, 1.54) is 0 Å². The maximum absolute atomic E-state index is 12.1. The van der Waals surface area contributed by atoms with Crippen LogP contribution in [0, 0.1) is 11.8 Å². The molecule has 5 nitrogen and oxygen atoms in total. The third-order valence-electron chi connectivity index (χ3n) is 4.02. The Hall–Kier alpha value is -1.36. The molecule has 0 unspecified atom stereocenters. The minimum atomic E-state index is 0.0947. The molecule has 0 bridgehead atoms. The number of nitrogens with two attached hydrogens (primary N) is 1. The predicted octanol–water partition coefficient (Wildman–Crippen LogP) is 2.24. The standard InChI is InChI=1S/C14H24N4O/c1-9(2)12-7-13(18-17-12)16-14(19)11-5-3-10(8-15)4-6-11/h7,9-11H,3-6,8,15H2,1-2H3,(H2,16,17,18,19). The molecule has 1 aromatic heterocycles. The molecule has 19 heavy (non-hydrogen) atoms. The molecule has 0 atom stereocenters. The number of hydrogen-bond acceptors (Lipinski definition) is 3. The number of nitrogens with zero attached hydrogens (tertiary/aromatic N) is 1. The first-order valence-corrected chi connectivity index (χ1v) is 7.16. The van der Waals surface area contributed by atoms with E-state index in [0.717, 1.165) is 37.9 Å². The molecule has 1 heterocycles. The minimum absolute atomic E-state index is 0.0947. The first kappa shape index (κ1) is 14.1. The summed E-state index contributed by atoms with van der Waals surface area (Å²) in [7, 11) is 0. The van der Waals surface area contributed by atoms with Crippen molar-refractivity contribution >= 4 is 11.7 Å². The molecule has 5 heteroatoms. The zero-order valence-corrected chi connectivity index (χ0v) is 11.8. The van der Waals surface area contributed by atoms with Gasteiger partial charge in [-0.15, -0.1) is 0 Å². The minimum Gasteiger partial charge on any atom is -0.330 e. The van der Waals surface area contributed by atoms with E-state index < -0.39 is 0 Å². The molecule has 1 aromatic rings. The molecule has 0 aliphatic heterocycles. The van der Waals surface area contributed by atoms with Crippen LogP contribution in [-0.2, 0) is 4.79 Å². The zero-order chi connectivity index (χ0) is 13.8. The highest BCUT2D eigenvalue weighted by molar-refractivity contribution is 5.91. The van der Waals surface area contributed by atoms with Crippen molar-refractivity contribution in [2.45, 2.75) is 45.4 Å². The van der Waals surface area contributed by atoms with E-state index in [1.54, 1.807) is 0 Å². The van der Waals surface area contributed by atoms with Gasteiger partial charge in [-0.25, -0.2) is 0 Å². The normalized spacial score (nSPS) is 23.6. The highest BCUT2D eigenvalue weighted by atomic mass is 16.1. The van der Waals surface area contributed by atoms with Crippen molar-refractivity contribution < 1.29 is 4.79 Å². The second-order valence-corrected chi connectivity index (χ2v) is 5.81. The van der Waals surface area contributed by atoms with Crippen LogP contribution in [0.5, 0.6) is 0 Å². The molecular formula is C14H24N4O. The molecule has 1 fully saturated rings. The van der Waals surface area contributed by atoms with Gasteiger partial charge in [-0.2, -0.15) is 5.10 Å². The lowest BCUT2D eigenvalue weighted by Gasteiger charge is -2.26. The van der Waals surface area contributed by atoms with Crippen LogP contribution in [0.3, 0.4) is 0 Å². The van der Waals surface area contributed by atoms with Gasteiger partial charge in [-0.3, -0.25) is 9.89 Å². The summed E-state index contributed by atoms with van der Waals surface area (Å²) in [5.41, 5.74) is 6.71. The van der Waals surface area contributed by atoms with Crippen LogP contribution in [0.2, 0.25) is 0 Å². The van der Waals surface area contributed by atoms with E-state index in [0.29, 0.717) is 17.7 Å². The van der Waals surface area contributed by atoms with Crippen molar-refractivity contribution in [3.8, 4) is 0 Å². The van der Waals surface area contributed by atoms with Crippen LogP contribution >= 0.6 is 0 Å². The van der Waals surface area contributed by atoms with Crippen molar-refractivity contribution in [2.24, 2.45) is 17.6 Å². The summed E-state index contributed by atoms with van der Waals surface area (Å²) < 4.78 is 0. The van der Waals surface area contributed by atoms with Gasteiger partial charge in [0.2, 0.25) is 5.91 Å². The van der Waals surface area contributed by atoms with Gasteiger partial charge in [0.15, 0.2) is 5.82 Å². The summed E-state index contributed by atoms with van der Waals surface area (Å²) in [5.74, 6) is 1.83. The average molecular weight is 264 g/mol. The van der Waals surface area contributed by atoms with Crippen molar-refractivity contribution in [3.05, 3.63) is 11.8 Å². The molecular weight excluding hydrogens is 240 g/mol. The fourth-order valence-corrected chi connectivity index (χ4v) is 2.59. The van der Waals surface area contributed by atoms with E-state index in [1.807, 2.05) is 6.07 Å². The van der Waals surface area contributed by atoms with Gasteiger partial charge in [0.05, 0.1) is 0 Å². The van der Waals surface area contributed by atoms with Crippen LogP contribution in [-0.4, -0.2) is 22.6 Å². The number of rotatable bonds is 4. The Morgan fingerprint density at radius 2 is 2.16 bits per heavy atom. The largest absolute Gasteiger partial charge is 0.330 e. The smallest absolute Gasteiger partial charge is 0.228 e. The molecule has 0 saturated heterocycles. The number of aromatic nitrogens is 2. The summed E-state index contributed by atoms with van der Waals surface area (Å²) in [6, 6.07) is 1.91. The number of nitrogens with one attached hydrogen (secondary N) is 2. The number of aromatic amines is 1. The monoisotopic (exact) mass is 264 g/mol. The molecule has 0 spiro atoms. The Kier molecular flexibility index (Phi) is 4.58. The molecule has 1 amide bonds. The molecule has 4 N–H and O–H groups in total. The van der Waals surface area contributed by atoms with Crippen LogP contribution < -0.4 is 11.1 Å². The Bertz CT molecular complexity index is 419. The van der Waals surface area contributed by atoms with Gasteiger partial charge >= 0.3 is 0 Å². The van der Waals surface area contributed by atoms with E-state index >= 15 is 0 Å². The molecule has 0 radical (unpaired) electrons. The number of hydrogen-bond donors (Lipinski definition) is 3. The number of anilines is 1. The summed E-state index contributed by atoms with van der Waals surface area (Å²) in [4.78, 5) is 12.1. The van der Waals surface area contributed by atoms with Crippen molar-refractivity contribution in [3.63, 3.8) is 0 Å². The number of carbonyl (C=O) groups excluding carboxylic acids is 1. The first-order valence-electron chi connectivity index (χ1n) is 7.16. The maximum Gasteiger partial charge on any atom is 0.228 e. The average Bonchev–Trinajstić information content (AvgIpc) is 2.87. The predicted molar refractivity (Wildman–Crippen MR) is 75.8 cm³/mol. The van der Waals surface area contributed by atoms with Crippen LogP contribution in [0.25, 0.3) is 0 Å². The van der Waals surface area contributed by atoms with Crippen LogP contribution in [0.15, 0.2) is 6.07 Å². The van der Waals surface area contributed by atoms with E-state index in [9.17, 15) is 4.79 Å². The van der Waals surface area contributed by atoms with Gasteiger partial charge in [0.25, 0.3) is 0 Å². The van der Waals surface area contributed by atoms with E-state index in [4.69, 9.17) is 5.73 Å². The fraction of sp³-hybridized carbons (Fsp3) is 0.714. The van der Waals surface area contributed by atoms with Crippen molar-refractivity contribution in [1.29, 1.82) is 0 Å². The summed E-state index contributed by atoms with van der Waals surface area (Å²) in [6.07, 6.45) is 4.00. The van der Waals surface area contributed by atoms with Gasteiger partial charge in [-0.05, 0) is 44.1 Å². The molecule has 106 valence electrons. The Labute approximate surface area is 114 Å². The summed E-state index contributed by atoms with van der Waals surface area (Å²) in [5, 5.41) is 9.98. The number of H-pyrrole nitrogens is 1. The van der Waals surface area contributed by atoms with Crippen molar-refractivity contribution in [1.82, 2.24) is 10.2 Å². The number of amides is 1. The lowest BCUT2D eigenvalue weighted by atomic mass is 9.81. The lowest BCUT2D eigenvalue weighted by Crippen LogP contribution is -2.29. The van der Waals surface area contributed by atoms with Crippen LogP contribution in [0.1, 0.15) is 51.1 Å². The summed E-state index contributed by atoms with van der Waals surface area (Å²) in [6.45, 7) is 4.92. The molecule has 0 aromatic carbocycles. The van der Waals surface area contributed by atoms with Gasteiger partial charge in [0.1, 0.15) is 0 Å². The SMILES string of the molecule is CC(C)c1cc(NC(=O)C2CCC(CN)CC2)n[nH]1. The quantitative estimate of drug-likeness (QED) is 0.779. The molecule has 1 aliphatic carbocycles. The second kappa shape index (κ2) is 6.19. The Balaban J connectivity index is 1.87. The van der Waals surface area contributed by atoms with Crippen LogP contribution in [0.4, 0.5) is 5.82 Å². The Morgan fingerprint density at radius 1 is 1.47 bits per heavy atom. The third-order valence-corrected chi connectivity index (χ3v) is 4.02. The van der Waals surface area contributed by atoms with Gasteiger partial charge in [-0.1, -0.05) is 13.8 Å². The maximum atomic E-state index is 12.1. The zero-order valence-electron chi connectivity index (χ0n) is 11.8. The van der Waals surface area contributed by atoms with Gasteiger partial charge < -0.3 is 11.1 Å². The highest BCUT2D eigenvalue weighted by Crippen LogP contribution is 2.29. The van der Waals surface area contributed by atoms with E-state index in [-0.39, 0.29) is 11.8 Å². The molecule has 1 aliphatic rings. The topological polar surface area (TPSA) is 83.8 Å². The fourth-order valence-electron chi connectivity index (χ4n) is 2.59. The molecule has 1 saturated carbocycles.